The predicted octanol–water partition coefficient (Wildman–Crippen LogP) is 3.67. The van der Waals surface area contributed by atoms with E-state index in [1.165, 1.54) is 31.4 Å². The number of rotatable bonds is 11. The molecule has 1 rings (SSSR count). The molecular formula is C19H24O7. The highest BCUT2D eigenvalue weighted by atomic mass is 16.7. The van der Waals surface area contributed by atoms with E-state index >= 15 is 0 Å². The summed E-state index contributed by atoms with van der Waals surface area (Å²) < 4.78 is 19.4. The number of methoxy groups -OCH3 is 1. The molecular weight excluding hydrogens is 340 g/mol. The summed E-state index contributed by atoms with van der Waals surface area (Å²) in [6, 6.07) is 5.99. The molecule has 0 N–H and O–H groups in total. The average Bonchev–Trinajstić information content (AvgIpc) is 2.66. The monoisotopic (exact) mass is 364 g/mol. The Labute approximate surface area is 152 Å². The first-order valence-corrected chi connectivity index (χ1v) is 8.39. The number of carbonyl (C=O) groups excluding carboxylic acids is 3. The van der Waals surface area contributed by atoms with Gasteiger partial charge in [-0.3, -0.25) is 0 Å². The largest absolute Gasteiger partial charge is 0.513 e. The minimum absolute atomic E-state index is 0.268. The van der Waals surface area contributed by atoms with Crippen LogP contribution in [0.5, 0.6) is 5.75 Å². The van der Waals surface area contributed by atoms with Crippen LogP contribution in [-0.2, 0) is 19.0 Å². The summed E-state index contributed by atoms with van der Waals surface area (Å²) in [7, 11) is 1.29. The molecule has 7 heteroatoms. The van der Waals surface area contributed by atoms with Crippen LogP contribution in [0.15, 0.2) is 36.9 Å². The number of ether oxygens (including phenoxy) is 4. The first kappa shape index (κ1) is 21.2. The molecule has 7 nitrogen and oxygen atoms in total. The third-order valence-corrected chi connectivity index (χ3v) is 3.40. The SMILES string of the molecule is C=CC(=O)OCCCCCCCOC(=O)Oc1ccc(C(=O)OC)cc1. The van der Waals surface area contributed by atoms with Crippen molar-refractivity contribution in [2.75, 3.05) is 20.3 Å². The topological polar surface area (TPSA) is 88.1 Å². The van der Waals surface area contributed by atoms with Crippen molar-refractivity contribution in [1.29, 1.82) is 0 Å². The Morgan fingerprint density at radius 1 is 0.923 bits per heavy atom. The highest BCUT2D eigenvalue weighted by Gasteiger charge is 2.08. The fraction of sp³-hybridized carbons (Fsp3) is 0.421. The van der Waals surface area contributed by atoms with Crippen LogP contribution in [0.3, 0.4) is 0 Å². The molecule has 0 atom stereocenters. The zero-order valence-electron chi connectivity index (χ0n) is 14.9. The first-order valence-electron chi connectivity index (χ1n) is 8.39. The summed E-state index contributed by atoms with van der Waals surface area (Å²) in [5.41, 5.74) is 0.368. The lowest BCUT2D eigenvalue weighted by Crippen LogP contribution is -2.11. The minimum Gasteiger partial charge on any atom is -0.465 e. The number of unbranched alkanes of at least 4 members (excludes halogenated alkanes) is 4. The zero-order chi connectivity index (χ0) is 19.2. The van der Waals surface area contributed by atoms with Gasteiger partial charge in [0, 0.05) is 6.08 Å². The van der Waals surface area contributed by atoms with Gasteiger partial charge in [0.05, 0.1) is 25.9 Å². The molecule has 0 saturated carbocycles. The Morgan fingerprint density at radius 3 is 2.08 bits per heavy atom. The van der Waals surface area contributed by atoms with Crippen molar-refractivity contribution in [3.05, 3.63) is 42.5 Å². The van der Waals surface area contributed by atoms with Crippen molar-refractivity contribution in [3.63, 3.8) is 0 Å². The average molecular weight is 364 g/mol. The summed E-state index contributed by atoms with van der Waals surface area (Å²) in [6.07, 6.45) is 4.67. The zero-order valence-corrected chi connectivity index (χ0v) is 14.9. The van der Waals surface area contributed by atoms with Crippen molar-refractivity contribution in [2.24, 2.45) is 0 Å². The van der Waals surface area contributed by atoms with Crippen LogP contribution in [0.2, 0.25) is 0 Å². The van der Waals surface area contributed by atoms with Gasteiger partial charge in [-0.25, -0.2) is 14.4 Å². The molecule has 0 unspecified atom stereocenters. The second kappa shape index (κ2) is 12.5. The number of hydrogen-bond donors (Lipinski definition) is 0. The predicted molar refractivity (Wildman–Crippen MR) is 94.0 cm³/mol. The van der Waals surface area contributed by atoms with Gasteiger partial charge < -0.3 is 18.9 Å². The third kappa shape index (κ3) is 8.86. The van der Waals surface area contributed by atoms with Crippen molar-refractivity contribution < 1.29 is 33.3 Å². The summed E-state index contributed by atoms with van der Waals surface area (Å²) in [6.45, 7) is 3.98. The van der Waals surface area contributed by atoms with Gasteiger partial charge in [0.15, 0.2) is 0 Å². The number of carbonyl (C=O) groups is 3. The van der Waals surface area contributed by atoms with Gasteiger partial charge in [-0.05, 0) is 37.1 Å². The highest BCUT2D eigenvalue weighted by Crippen LogP contribution is 2.13. The molecule has 0 bridgehead atoms. The van der Waals surface area contributed by atoms with Crippen molar-refractivity contribution in [2.45, 2.75) is 32.1 Å². The van der Waals surface area contributed by atoms with Crippen molar-refractivity contribution in [1.82, 2.24) is 0 Å². The van der Waals surface area contributed by atoms with Gasteiger partial charge in [-0.15, -0.1) is 0 Å². The first-order chi connectivity index (χ1) is 12.6. The van der Waals surface area contributed by atoms with E-state index < -0.39 is 18.1 Å². The van der Waals surface area contributed by atoms with Gasteiger partial charge in [0.1, 0.15) is 5.75 Å². The van der Waals surface area contributed by atoms with Gasteiger partial charge in [0.25, 0.3) is 0 Å². The van der Waals surface area contributed by atoms with Gasteiger partial charge in [0.2, 0.25) is 0 Å². The molecule has 0 radical (unpaired) electrons. The van der Waals surface area contributed by atoms with Crippen LogP contribution in [-0.4, -0.2) is 38.4 Å². The van der Waals surface area contributed by atoms with E-state index in [9.17, 15) is 14.4 Å². The van der Waals surface area contributed by atoms with Gasteiger partial charge >= 0.3 is 18.1 Å². The molecule has 0 heterocycles. The van der Waals surface area contributed by atoms with Crippen LogP contribution in [0.4, 0.5) is 4.79 Å². The maximum Gasteiger partial charge on any atom is 0.513 e. The summed E-state index contributed by atoms with van der Waals surface area (Å²) in [5, 5.41) is 0. The highest BCUT2D eigenvalue weighted by molar-refractivity contribution is 5.89. The Bertz CT molecular complexity index is 592. The summed E-state index contributed by atoms with van der Waals surface area (Å²) in [5.74, 6) is -0.577. The lowest BCUT2D eigenvalue weighted by molar-refractivity contribution is -0.137. The molecule has 1 aromatic carbocycles. The Hall–Kier alpha value is -2.83. The van der Waals surface area contributed by atoms with E-state index in [4.69, 9.17) is 14.2 Å². The smallest absolute Gasteiger partial charge is 0.465 e. The van der Waals surface area contributed by atoms with Gasteiger partial charge in [-0.1, -0.05) is 25.8 Å². The molecule has 0 aromatic heterocycles. The standard InChI is InChI=1S/C19H24O7/c1-3-17(20)24-13-7-5-4-6-8-14-25-19(22)26-16-11-9-15(10-12-16)18(21)23-2/h3,9-12H,1,4-8,13-14H2,2H3. The van der Waals surface area contributed by atoms with Crippen LogP contribution in [0, 0.1) is 0 Å². The Morgan fingerprint density at radius 2 is 1.50 bits per heavy atom. The van der Waals surface area contributed by atoms with E-state index in [0.717, 1.165) is 38.2 Å². The molecule has 26 heavy (non-hydrogen) atoms. The maximum atomic E-state index is 11.6. The Balaban J connectivity index is 2.07. The lowest BCUT2D eigenvalue weighted by Gasteiger charge is -2.06. The second-order valence-corrected chi connectivity index (χ2v) is 5.36. The molecule has 0 spiro atoms. The van der Waals surface area contributed by atoms with Crippen molar-refractivity contribution >= 4 is 18.1 Å². The van der Waals surface area contributed by atoms with Crippen LogP contribution < -0.4 is 4.74 Å². The summed E-state index contributed by atoms with van der Waals surface area (Å²) in [4.78, 5) is 33.7. The molecule has 142 valence electrons. The molecule has 0 amide bonds. The van der Waals surface area contributed by atoms with Crippen molar-refractivity contribution in [3.8, 4) is 5.75 Å². The number of hydrogen-bond acceptors (Lipinski definition) is 7. The maximum absolute atomic E-state index is 11.6. The molecule has 0 fully saturated rings. The van der Waals surface area contributed by atoms with Gasteiger partial charge in [-0.2, -0.15) is 0 Å². The second-order valence-electron chi connectivity index (χ2n) is 5.36. The molecule has 0 aliphatic heterocycles. The van der Waals surface area contributed by atoms with Crippen LogP contribution in [0.1, 0.15) is 42.5 Å². The lowest BCUT2D eigenvalue weighted by atomic mass is 10.1. The van der Waals surface area contributed by atoms with E-state index in [0.29, 0.717) is 12.2 Å². The number of esters is 2. The van der Waals surface area contributed by atoms with E-state index in [1.807, 2.05) is 0 Å². The molecule has 0 saturated heterocycles. The molecule has 1 aromatic rings. The minimum atomic E-state index is -0.785. The summed E-state index contributed by atoms with van der Waals surface area (Å²) >= 11 is 0. The Kier molecular flexibility index (Phi) is 10.2. The molecule has 0 aliphatic carbocycles. The molecule has 0 aliphatic rings. The fourth-order valence-corrected chi connectivity index (χ4v) is 2.02. The quantitative estimate of drug-likeness (QED) is 0.195. The van der Waals surface area contributed by atoms with Crippen LogP contribution in [0.25, 0.3) is 0 Å². The normalized spacial score (nSPS) is 9.88. The third-order valence-electron chi connectivity index (χ3n) is 3.40. The number of benzene rings is 1. The van der Waals surface area contributed by atoms with Crippen LogP contribution >= 0.6 is 0 Å². The fourth-order valence-electron chi connectivity index (χ4n) is 2.02. The van der Waals surface area contributed by atoms with E-state index in [2.05, 4.69) is 11.3 Å². The van der Waals surface area contributed by atoms with E-state index in [1.54, 1.807) is 0 Å². The van der Waals surface area contributed by atoms with E-state index in [-0.39, 0.29) is 12.4 Å².